The Bertz CT molecular complexity index is 670. The Morgan fingerprint density at radius 2 is 2.25 bits per heavy atom. The molecule has 1 aromatic heterocycles. The molecule has 1 heterocycles. The Hall–Kier alpha value is -1.53. The smallest absolute Gasteiger partial charge is 0.339 e. The summed E-state index contributed by atoms with van der Waals surface area (Å²) >= 11 is 9.35. The molecule has 1 N–H and O–H groups in total. The molecule has 0 fully saturated rings. The fourth-order valence-electron chi connectivity index (χ4n) is 1.78. The van der Waals surface area contributed by atoms with Gasteiger partial charge in [-0.1, -0.05) is 27.5 Å². The molecule has 0 bridgehead atoms. The third kappa shape index (κ3) is 2.96. The van der Waals surface area contributed by atoms with Gasteiger partial charge in [0.25, 0.3) is 0 Å². The molecule has 7 heteroatoms. The topological polar surface area (TPSA) is 64.4 Å². The summed E-state index contributed by atoms with van der Waals surface area (Å²) in [5, 5.41) is 13.9. The van der Waals surface area contributed by atoms with Crippen molar-refractivity contribution >= 4 is 33.5 Å². The van der Waals surface area contributed by atoms with Crippen LogP contribution in [0.4, 0.5) is 0 Å². The number of aryl methyl sites for hydroxylation is 2. The number of hydrogen-bond donors (Lipinski definition) is 1. The van der Waals surface area contributed by atoms with Crippen molar-refractivity contribution in [3.05, 3.63) is 44.6 Å². The summed E-state index contributed by atoms with van der Waals surface area (Å²) in [5.74, 6) is -0.760. The second-order valence-electron chi connectivity index (χ2n) is 4.20. The van der Waals surface area contributed by atoms with Crippen LogP contribution in [0, 0.1) is 6.92 Å². The van der Waals surface area contributed by atoms with Crippen LogP contribution in [0.25, 0.3) is 0 Å². The molecule has 0 amide bonds. The van der Waals surface area contributed by atoms with Gasteiger partial charge in [-0.15, -0.1) is 0 Å². The first-order chi connectivity index (χ1) is 9.40. The van der Waals surface area contributed by atoms with Gasteiger partial charge in [0, 0.05) is 11.5 Å². The highest BCUT2D eigenvalue weighted by atomic mass is 79.9. The first-order valence-corrected chi connectivity index (χ1v) is 6.91. The normalized spacial score (nSPS) is 10.6. The van der Waals surface area contributed by atoms with Gasteiger partial charge in [0.1, 0.15) is 17.9 Å². The molecule has 0 aliphatic heterocycles. The molecule has 0 aliphatic rings. The van der Waals surface area contributed by atoms with E-state index in [9.17, 15) is 4.79 Å². The third-order valence-corrected chi connectivity index (χ3v) is 3.78. The van der Waals surface area contributed by atoms with Gasteiger partial charge in [-0.2, -0.15) is 5.10 Å². The van der Waals surface area contributed by atoms with Crippen molar-refractivity contribution in [3.8, 4) is 5.75 Å². The molecule has 0 saturated heterocycles. The van der Waals surface area contributed by atoms with Gasteiger partial charge in [-0.05, 0) is 25.1 Å². The average Bonchev–Trinajstić information content (AvgIpc) is 2.62. The van der Waals surface area contributed by atoms with Crippen molar-refractivity contribution < 1.29 is 14.6 Å². The zero-order valence-corrected chi connectivity index (χ0v) is 13.2. The van der Waals surface area contributed by atoms with Crippen LogP contribution < -0.4 is 4.74 Å². The van der Waals surface area contributed by atoms with E-state index in [2.05, 4.69) is 21.0 Å². The predicted octanol–water partition coefficient (Wildman–Crippen LogP) is 3.42. The van der Waals surface area contributed by atoms with Gasteiger partial charge >= 0.3 is 5.97 Å². The molecule has 2 rings (SSSR count). The Balaban J connectivity index is 2.25. The summed E-state index contributed by atoms with van der Waals surface area (Å²) in [6.07, 6.45) is 0. The van der Waals surface area contributed by atoms with Crippen molar-refractivity contribution in [2.75, 3.05) is 0 Å². The minimum Gasteiger partial charge on any atom is -0.486 e. The molecule has 0 spiro atoms. The van der Waals surface area contributed by atoms with E-state index in [-0.39, 0.29) is 17.9 Å². The molecule has 0 unspecified atom stereocenters. The Kier molecular flexibility index (Phi) is 4.35. The van der Waals surface area contributed by atoms with Crippen LogP contribution in [-0.2, 0) is 13.7 Å². The standard InChI is InChI=1S/C13H12BrClN2O3/c1-7-12(15)10(17(2)16-7)6-20-11-4-3-8(14)5-9(11)13(18)19/h3-5H,6H2,1-2H3,(H,18,19). The number of carboxylic acids is 1. The molecule has 2 aromatic rings. The van der Waals surface area contributed by atoms with Crippen molar-refractivity contribution in [3.63, 3.8) is 0 Å². The largest absolute Gasteiger partial charge is 0.486 e. The molecule has 0 aliphatic carbocycles. The van der Waals surface area contributed by atoms with Crippen LogP contribution in [0.1, 0.15) is 21.7 Å². The highest BCUT2D eigenvalue weighted by molar-refractivity contribution is 9.10. The van der Waals surface area contributed by atoms with E-state index in [1.165, 1.54) is 6.07 Å². The lowest BCUT2D eigenvalue weighted by Gasteiger charge is -2.10. The maximum Gasteiger partial charge on any atom is 0.339 e. The third-order valence-electron chi connectivity index (χ3n) is 2.80. The van der Waals surface area contributed by atoms with Crippen LogP contribution in [0.2, 0.25) is 5.02 Å². The molecule has 1 aromatic carbocycles. The molecule has 0 saturated carbocycles. The monoisotopic (exact) mass is 358 g/mol. The first kappa shape index (κ1) is 14.9. The summed E-state index contributed by atoms with van der Waals surface area (Å²) in [6.45, 7) is 1.95. The van der Waals surface area contributed by atoms with Gasteiger partial charge < -0.3 is 9.84 Å². The lowest BCUT2D eigenvalue weighted by atomic mass is 10.2. The number of aromatic carboxylic acids is 1. The number of benzene rings is 1. The lowest BCUT2D eigenvalue weighted by Crippen LogP contribution is -2.07. The molecule has 0 radical (unpaired) electrons. The minimum atomic E-state index is -1.05. The van der Waals surface area contributed by atoms with Crippen LogP contribution in [-0.4, -0.2) is 20.9 Å². The highest BCUT2D eigenvalue weighted by Crippen LogP contribution is 2.26. The van der Waals surface area contributed by atoms with Gasteiger partial charge in [0.05, 0.1) is 16.4 Å². The predicted molar refractivity (Wildman–Crippen MR) is 78.4 cm³/mol. The Morgan fingerprint density at radius 1 is 1.55 bits per heavy atom. The van der Waals surface area contributed by atoms with Crippen molar-refractivity contribution in [2.24, 2.45) is 7.05 Å². The van der Waals surface area contributed by atoms with Gasteiger partial charge in [0.15, 0.2) is 0 Å². The second-order valence-corrected chi connectivity index (χ2v) is 5.50. The van der Waals surface area contributed by atoms with E-state index in [1.807, 2.05) is 0 Å². The summed E-state index contributed by atoms with van der Waals surface area (Å²) in [6, 6.07) is 4.82. The van der Waals surface area contributed by atoms with Crippen LogP contribution in [0.3, 0.4) is 0 Å². The SMILES string of the molecule is Cc1nn(C)c(COc2ccc(Br)cc2C(=O)O)c1Cl. The van der Waals surface area contributed by atoms with Gasteiger partial charge in [0.2, 0.25) is 0 Å². The van der Waals surface area contributed by atoms with Crippen LogP contribution in [0.5, 0.6) is 5.75 Å². The van der Waals surface area contributed by atoms with E-state index < -0.39 is 5.97 Å². The van der Waals surface area contributed by atoms with Crippen LogP contribution in [0.15, 0.2) is 22.7 Å². The fourth-order valence-corrected chi connectivity index (χ4v) is 2.35. The Labute approximate surface area is 129 Å². The quantitative estimate of drug-likeness (QED) is 0.908. The maximum absolute atomic E-state index is 11.2. The van der Waals surface area contributed by atoms with Crippen LogP contribution >= 0.6 is 27.5 Å². The first-order valence-electron chi connectivity index (χ1n) is 5.73. The number of halogens is 2. The van der Waals surface area contributed by atoms with E-state index in [0.29, 0.717) is 20.9 Å². The average molecular weight is 360 g/mol. The molecular formula is C13H12BrClN2O3. The van der Waals surface area contributed by atoms with E-state index in [4.69, 9.17) is 21.4 Å². The molecular weight excluding hydrogens is 348 g/mol. The second kappa shape index (κ2) is 5.85. The number of aromatic nitrogens is 2. The molecule has 0 atom stereocenters. The van der Waals surface area contributed by atoms with Crippen molar-refractivity contribution in [1.82, 2.24) is 9.78 Å². The minimum absolute atomic E-state index is 0.0920. The summed E-state index contributed by atoms with van der Waals surface area (Å²) in [5.41, 5.74) is 1.50. The number of hydrogen-bond acceptors (Lipinski definition) is 3. The summed E-state index contributed by atoms with van der Waals surface area (Å²) in [4.78, 5) is 11.2. The zero-order chi connectivity index (χ0) is 14.9. The maximum atomic E-state index is 11.2. The van der Waals surface area contributed by atoms with Gasteiger partial charge in [-0.25, -0.2) is 4.79 Å². The van der Waals surface area contributed by atoms with E-state index >= 15 is 0 Å². The lowest BCUT2D eigenvalue weighted by molar-refractivity contribution is 0.0691. The molecule has 106 valence electrons. The summed E-state index contributed by atoms with van der Waals surface area (Å²) < 4.78 is 7.87. The summed E-state index contributed by atoms with van der Waals surface area (Å²) in [7, 11) is 1.76. The van der Waals surface area contributed by atoms with Gasteiger partial charge in [-0.3, -0.25) is 4.68 Å². The zero-order valence-electron chi connectivity index (χ0n) is 10.9. The Morgan fingerprint density at radius 3 is 2.80 bits per heavy atom. The number of rotatable bonds is 4. The van der Waals surface area contributed by atoms with E-state index in [0.717, 1.165) is 0 Å². The number of carboxylic acid groups (broad SMARTS) is 1. The number of ether oxygens (including phenoxy) is 1. The van der Waals surface area contributed by atoms with Crippen molar-refractivity contribution in [1.29, 1.82) is 0 Å². The molecule has 20 heavy (non-hydrogen) atoms. The number of carbonyl (C=O) groups is 1. The number of nitrogens with zero attached hydrogens (tertiary/aromatic N) is 2. The van der Waals surface area contributed by atoms with Crippen molar-refractivity contribution in [2.45, 2.75) is 13.5 Å². The molecule has 5 nitrogen and oxygen atoms in total. The van der Waals surface area contributed by atoms with E-state index in [1.54, 1.807) is 30.8 Å². The highest BCUT2D eigenvalue weighted by Gasteiger charge is 2.15. The fraction of sp³-hybridized carbons (Fsp3) is 0.231.